The highest BCUT2D eigenvalue weighted by atomic mass is 16.5. The molecular weight excluding hydrogens is 268 g/mol. The molecule has 1 aliphatic carbocycles. The van der Waals surface area contributed by atoms with E-state index < -0.39 is 0 Å². The molecule has 5 heteroatoms. The van der Waals surface area contributed by atoms with Crippen molar-refractivity contribution in [1.82, 2.24) is 10.2 Å². The van der Waals surface area contributed by atoms with E-state index in [1.165, 1.54) is 0 Å². The number of rotatable bonds is 7. The fraction of sp³-hybridized carbons (Fsp3) is 0.875. The number of ether oxygens (including phenoxy) is 1. The lowest BCUT2D eigenvalue weighted by atomic mass is 10.1. The highest BCUT2D eigenvalue weighted by Crippen LogP contribution is 2.32. The number of nitrogens with one attached hydrogen (secondary N) is 1. The van der Waals surface area contributed by atoms with E-state index in [-0.39, 0.29) is 23.8 Å². The summed E-state index contributed by atoms with van der Waals surface area (Å²) in [5.41, 5.74) is 0. The van der Waals surface area contributed by atoms with Gasteiger partial charge < -0.3 is 15.0 Å². The lowest BCUT2D eigenvalue weighted by Gasteiger charge is -2.34. The fourth-order valence-corrected chi connectivity index (χ4v) is 2.79. The summed E-state index contributed by atoms with van der Waals surface area (Å²) >= 11 is 0. The molecule has 120 valence electrons. The normalized spacial score (nSPS) is 19.6. The van der Waals surface area contributed by atoms with Crippen LogP contribution in [0.4, 0.5) is 0 Å². The molecule has 0 radical (unpaired) electrons. The van der Waals surface area contributed by atoms with Crippen molar-refractivity contribution in [1.29, 1.82) is 0 Å². The highest BCUT2D eigenvalue weighted by Gasteiger charge is 2.36. The molecule has 0 aromatic carbocycles. The number of amides is 2. The standard InChI is InChI=1S/C16H28N2O3/c1-12(2)11-15(19)17-7-8-18(16(20)13-3-4-13)14-5-9-21-10-6-14/h12-14H,3-11H2,1-2H3,(H,17,19). The first-order valence-electron chi connectivity index (χ1n) is 8.23. The number of carbonyl (C=O) groups is 2. The molecule has 2 fully saturated rings. The summed E-state index contributed by atoms with van der Waals surface area (Å²) in [7, 11) is 0. The third kappa shape index (κ3) is 5.30. The van der Waals surface area contributed by atoms with Gasteiger partial charge >= 0.3 is 0 Å². The van der Waals surface area contributed by atoms with Gasteiger partial charge in [0.15, 0.2) is 0 Å². The molecular formula is C16H28N2O3. The summed E-state index contributed by atoms with van der Waals surface area (Å²) in [4.78, 5) is 26.1. The highest BCUT2D eigenvalue weighted by molar-refractivity contribution is 5.81. The fourth-order valence-electron chi connectivity index (χ4n) is 2.79. The molecule has 21 heavy (non-hydrogen) atoms. The van der Waals surface area contributed by atoms with Gasteiger partial charge in [-0.2, -0.15) is 0 Å². The molecule has 0 unspecified atom stereocenters. The lowest BCUT2D eigenvalue weighted by Crippen LogP contribution is -2.47. The van der Waals surface area contributed by atoms with Crippen molar-refractivity contribution in [3.63, 3.8) is 0 Å². The van der Waals surface area contributed by atoms with Crippen LogP contribution in [-0.2, 0) is 14.3 Å². The van der Waals surface area contributed by atoms with Crippen molar-refractivity contribution in [2.24, 2.45) is 11.8 Å². The molecule has 0 bridgehead atoms. The van der Waals surface area contributed by atoms with Crippen LogP contribution in [0.15, 0.2) is 0 Å². The van der Waals surface area contributed by atoms with Gasteiger partial charge in [0, 0.05) is 44.7 Å². The Bertz CT molecular complexity index is 361. The van der Waals surface area contributed by atoms with Crippen molar-refractivity contribution in [3.8, 4) is 0 Å². The molecule has 1 aliphatic heterocycles. The molecule has 2 rings (SSSR count). The first kappa shape index (κ1) is 16.3. The van der Waals surface area contributed by atoms with Crippen LogP contribution < -0.4 is 5.32 Å². The van der Waals surface area contributed by atoms with Crippen LogP contribution in [0, 0.1) is 11.8 Å². The van der Waals surface area contributed by atoms with Gasteiger partial charge in [-0.3, -0.25) is 9.59 Å². The minimum Gasteiger partial charge on any atom is -0.381 e. The predicted octanol–water partition coefficient (Wildman–Crippen LogP) is 1.57. The first-order chi connectivity index (χ1) is 10.1. The Kier molecular flexibility index (Phi) is 6.03. The van der Waals surface area contributed by atoms with Gasteiger partial charge in [0.25, 0.3) is 0 Å². The Labute approximate surface area is 127 Å². The molecule has 2 aliphatic rings. The van der Waals surface area contributed by atoms with Gasteiger partial charge in [-0.1, -0.05) is 13.8 Å². The average molecular weight is 296 g/mol. The van der Waals surface area contributed by atoms with Gasteiger partial charge in [-0.15, -0.1) is 0 Å². The van der Waals surface area contributed by atoms with Gasteiger partial charge in [0.2, 0.25) is 11.8 Å². The summed E-state index contributed by atoms with van der Waals surface area (Å²) in [6.07, 6.45) is 4.43. The Balaban J connectivity index is 1.80. The van der Waals surface area contributed by atoms with Gasteiger partial charge in [-0.05, 0) is 31.6 Å². The second-order valence-electron chi connectivity index (χ2n) is 6.60. The van der Waals surface area contributed by atoms with Crippen LogP contribution in [0.1, 0.15) is 46.0 Å². The van der Waals surface area contributed by atoms with E-state index in [1.807, 2.05) is 18.7 Å². The van der Waals surface area contributed by atoms with Crippen LogP contribution in [0.2, 0.25) is 0 Å². The third-order valence-electron chi connectivity index (χ3n) is 4.11. The largest absolute Gasteiger partial charge is 0.381 e. The third-order valence-corrected chi connectivity index (χ3v) is 4.11. The minimum atomic E-state index is 0.0794. The molecule has 0 spiro atoms. The van der Waals surface area contributed by atoms with Gasteiger partial charge in [0.1, 0.15) is 0 Å². The number of nitrogens with zero attached hydrogens (tertiary/aromatic N) is 1. The zero-order valence-electron chi connectivity index (χ0n) is 13.3. The van der Waals surface area contributed by atoms with E-state index in [4.69, 9.17) is 4.74 Å². The Morgan fingerprint density at radius 2 is 1.86 bits per heavy atom. The van der Waals surface area contributed by atoms with E-state index in [9.17, 15) is 9.59 Å². The number of hydrogen-bond donors (Lipinski definition) is 1. The zero-order valence-corrected chi connectivity index (χ0v) is 13.3. The summed E-state index contributed by atoms with van der Waals surface area (Å²) in [6, 6.07) is 0.286. The van der Waals surface area contributed by atoms with E-state index >= 15 is 0 Å². The monoisotopic (exact) mass is 296 g/mol. The SMILES string of the molecule is CC(C)CC(=O)NCCN(C(=O)C1CC1)C1CCOCC1. The molecule has 1 saturated carbocycles. The molecule has 0 aromatic rings. The molecule has 1 saturated heterocycles. The topological polar surface area (TPSA) is 58.6 Å². The van der Waals surface area contributed by atoms with Gasteiger partial charge in [-0.25, -0.2) is 0 Å². The summed E-state index contributed by atoms with van der Waals surface area (Å²) in [5, 5.41) is 2.93. The maximum atomic E-state index is 12.4. The molecule has 5 nitrogen and oxygen atoms in total. The second-order valence-corrected chi connectivity index (χ2v) is 6.60. The van der Waals surface area contributed by atoms with Crippen molar-refractivity contribution < 1.29 is 14.3 Å². The van der Waals surface area contributed by atoms with E-state index in [2.05, 4.69) is 5.32 Å². The Morgan fingerprint density at radius 1 is 1.19 bits per heavy atom. The number of carbonyl (C=O) groups excluding carboxylic acids is 2. The minimum absolute atomic E-state index is 0.0794. The molecule has 0 aromatic heterocycles. The molecule has 1 N–H and O–H groups in total. The Morgan fingerprint density at radius 3 is 2.43 bits per heavy atom. The van der Waals surface area contributed by atoms with Crippen LogP contribution >= 0.6 is 0 Å². The predicted molar refractivity (Wildman–Crippen MR) is 80.7 cm³/mol. The maximum Gasteiger partial charge on any atom is 0.225 e. The van der Waals surface area contributed by atoms with Crippen molar-refractivity contribution in [2.45, 2.75) is 52.0 Å². The van der Waals surface area contributed by atoms with Crippen LogP contribution in [0.3, 0.4) is 0 Å². The van der Waals surface area contributed by atoms with E-state index in [1.54, 1.807) is 0 Å². The quantitative estimate of drug-likeness (QED) is 0.776. The molecule has 1 heterocycles. The van der Waals surface area contributed by atoms with Crippen LogP contribution in [0.5, 0.6) is 0 Å². The van der Waals surface area contributed by atoms with Crippen molar-refractivity contribution in [3.05, 3.63) is 0 Å². The zero-order chi connectivity index (χ0) is 15.2. The number of hydrogen-bond acceptors (Lipinski definition) is 3. The van der Waals surface area contributed by atoms with Crippen LogP contribution in [0.25, 0.3) is 0 Å². The van der Waals surface area contributed by atoms with E-state index in [0.29, 0.717) is 25.4 Å². The van der Waals surface area contributed by atoms with Crippen molar-refractivity contribution in [2.75, 3.05) is 26.3 Å². The summed E-state index contributed by atoms with van der Waals surface area (Å²) in [5.74, 6) is 0.958. The molecule has 2 amide bonds. The Hall–Kier alpha value is -1.10. The van der Waals surface area contributed by atoms with Gasteiger partial charge in [0.05, 0.1) is 0 Å². The summed E-state index contributed by atoms with van der Waals surface area (Å²) in [6.45, 7) is 6.72. The lowest BCUT2D eigenvalue weighted by molar-refractivity contribution is -0.137. The maximum absolute atomic E-state index is 12.4. The van der Waals surface area contributed by atoms with E-state index in [0.717, 1.165) is 38.9 Å². The smallest absolute Gasteiger partial charge is 0.225 e. The summed E-state index contributed by atoms with van der Waals surface area (Å²) < 4.78 is 5.38. The van der Waals surface area contributed by atoms with Crippen LogP contribution in [-0.4, -0.2) is 49.1 Å². The molecule has 0 atom stereocenters. The second kappa shape index (κ2) is 7.78. The van der Waals surface area contributed by atoms with Crippen molar-refractivity contribution >= 4 is 11.8 Å². The first-order valence-corrected chi connectivity index (χ1v) is 8.23. The average Bonchev–Trinajstić information content (AvgIpc) is 3.27.